The number of hydrogen-bond donors (Lipinski definition) is 1. The number of fused-ring (bicyclic) bond motifs is 1. The number of halogens is 2. The highest BCUT2D eigenvalue weighted by molar-refractivity contribution is 6.31. The molecule has 0 amide bonds. The number of rotatable bonds is 5. The fraction of sp³-hybridized carbons (Fsp3) is 0.318. The topological polar surface area (TPSA) is 91.2 Å². The highest BCUT2D eigenvalue weighted by Crippen LogP contribution is 2.43. The van der Waals surface area contributed by atoms with Gasteiger partial charge in [0, 0.05) is 29.8 Å². The molecule has 3 aromatic rings. The van der Waals surface area contributed by atoms with Crippen LogP contribution < -0.4 is 10.5 Å². The summed E-state index contributed by atoms with van der Waals surface area (Å²) in [6.07, 6.45) is 1.87. The monoisotopic (exact) mass is 427 g/mol. The summed E-state index contributed by atoms with van der Waals surface area (Å²) in [5.41, 5.74) is 7.79. The van der Waals surface area contributed by atoms with Crippen molar-refractivity contribution in [3.05, 3.63) is 52.6 Å². The van der Waals surface area contributed by atoms with Gasteiger partial charge in [-0.05, 0) is 42.2 Å². The Balaban J connectivity index is 1.52. The number of carbonyl (C=O) groups is 1. The maximum absolute atomic E-state index is 14.8. The molecular weight excluding hydrogens is 409 g/mol. The lowest BCUT2D eigenvalue weighted by molar-refractivity contribution is -0.121. The molecule has 2 N–H and O–H groups in total. The summed E-state index contributed by atoms with van der Waals surface area (Å²) < 4.78 is 25.7. The van der Waals surface area contributed by atoms with E-state index in [1.54, 1.807) is 13.0 Å². The Morgan fingerprint density at radius 2 is 2.13 bits per heavy atom. The van der Waals surface area contributed by atoms with Gasteiger partial charge in [0.1, 0.15) is 11.6 Å². The first-order valence-corrected chi connectivity index (χ1v) is 10.1. The molecular formula is C22H19ClFN3O3. The Kier molecular flexibility index (Phi) is 4.41. The largest absolute Gasteiger partial charge is 0.493 e. The molecule has 154 valence electrons. The minimum absolute atomic E-state index is 0.0296. The van der Waals surface area contributed by atoms with Crippen molar-refractivity contribution in [2.75, 3.05) is 6.61 Å². The van der Waals surface area contributed by atoms with Crippen molar-refractivity contribution >= 4 is 17.4 Å². The van der Waals surface area contributed by atoms with Gasteiger partial charge in [-0.2, -0.15) is 4.98 Å². The predicted octanol–water partition coefficient (Wildman–Crippen LogP) is 4.43. The summed E-state index contributed by atoms with van der Waals surface area (Å²) in [4.78, 5) is 16.6. The van der Waals surface area contributed by atoms with Crippen LogP contribution >= 0.6 is 11.6 Å². The SMILES string of the molecule is Cc1nc(-c2c(F)cc(Cl)cc2-c2ccc3c(c2)OCC3CC(=O)C2(N)CC2)no1. The highest BCUT2D eigenvalue weighted by atomic mass is 35.5. The highest BCUT2D eigenvalue weighted by Gasteiger charge is 2.46. The van der Waals surface area contributed by atoms with Crippen molar-refractivity contribution in [1.29, 1.82) is 0 Å². The van der Waals surface area contributed by atoms with Gasteiger partial charge in [0.15, 0.2) is 5.78 Å². The van der Waals surface area contributed by atoms with Gasteiger partial charge in [0.05, 0.1) is 17.7 Å². The van der Waals surface area contributed by atoms with Crippen LogP contribution in [0.1, 0.15) is 36.6 Å². The quantitative estimate of drug-likeness (QED) is 0.647. The summed E-state index contributed by atoms with van der Waals surface area (Å²) in [5, 5.41) is 4.12. The second kappa shape index (κ2) is 6.89. The van der Waals surface area contributed by atoms with Gasteiger partial charge in [0.25, 0.3) is 0 Å². The number of aromatic nitrogens is 2. The number of benzene rings is 2. The maximum Gasteiger partial charge on any atom is 0.223 e. The van der Waals surface area contributed by atoms with Gasteiger partial charge in [-0.3, -0.25) is 4.79 Å². The van der Waals surface area contributed by atoms with E-state index in [9.17, 15) is 9.18 Å². The van der Waals surface area contributed by atoms with E-state index in [1.165, 1.54) is 6.07 Å². The van der Waals surface area contributed by atoms with E-state index >= 15 is 0 Å². The average Bonchev–Trinajstić information content (AvgIpc) is 3.13. The molecule has 1 atom stereocenters. The average molecular weight is 428 g/mol. The number of nitrogens with zero attached hydrogens (tertiary/aromatic N) is 2. The minimum Gasteiger partial charge on any atom is -0.493 e. The van der Waals surface area contributed by atoms with Crippen LogP contribution in [0.5, 0.6) is 5.75 Å². The standard InChI is InChI=1S/C22H19ClFN3O3/c1-11-26-21(27-30-11)20-16(8-14(23)9-17(20)24)12-2-3-15-13(10-29-18(15)6-12)7-19(28)22(25)4-5-22/h2-3,6,8-9,13H,4-5,7,10,25H2,1H3. The molecule has 0 radical (unpaired) electrons. The van der Waals surface area contributed by atoms with Crippen LogP contribution in [0.25, 0.3) is 22.5 Å². The molecule has 8 heteroatoms. The molecule has 6 nitrogen and oxygen atoms in total. The Bertz CT molecular complexity index is 1170. The third-order valence-electron chi connectivity index (χ3n) is 5.79. The second-order valence-corrected chi connectivity index (χ2v) is 8.43. The molecule has 1 unspecified atom stereocenters. The number of aryl methyl sites for hydroxylation is 1. The van der Waals surface area contributed by atoms with E-state index in [4.69, 9.17) is 26.6 Å². The summed E-state index contributed by atoms with van der Waals surface area (Å²) >= 11 is 6.13. The van der Waals surface area contributed by atoms with Crippen molar-refractivity contribution in [2.24, 2.45) is 5.73 Å². The normalized spacial score (nSPS) is 18.7. The molecule has 0 saturated heterocycles. The Morgan fingerprint density at radius 1 is 1.33 bits per heavy atom. The zero-order valence-corrected chi connectivity index (χ0v) is 17.0. The van der Waals surface area contributed by atoms with E-state index in [0.717, 1.165) is 18.4 Å². The van der Waals surface area contributed by atoms with E-state index in [2.05, 4.69) is 10.1 Å². The van der Waals surface area contributed by atoms with Crippen LogP contribution in [0.2, 0.25) is 5.02 Å². The lowest BCUT2D eigenvalue weighted by Crippen LogP contribution is -2.33. The van der Waals surface area contributed by atoms with Crippen LogP contribution in [-0.2, 0) is 4.79 Å². The van der Waals surface area contributed by atoms with Gasteiger partial charge in [-0.1, -0.05) is 28.9 Å². The molecule has 1 aromatic heterocycles. The zero-order valence-electron chi connectivity index (χ0n) is 16.2. The van der Waals surface area contributed by atoms with Crippen LogP contribution in [0.15, 0.2) is 34.9 Å². The molecule has 0 bridgehead atoms. The molecule has 5 rings (SSSR count). The van der Waals surface area contributed by atoms with Gasteiger partial charge < -0.3 is 15.0 Å². The van der Waals surface area contributed by atoms with Crippen LogP contribution in [0.3, 0.4) is 0 Å². The molecule has 1 aliphatic heterocycles. The number of Topliss-reactive ketones (excluding diaryl/α,β-unsaturated/α-hetero) is 1. The first-order chi connectivity index (χ1) is 14.3. The van der Waals surface area contributed by atoms with E-state index < -0.39 is 11.4 Å². The fourth-order valence-corrected chi connectivity index (χ4v) is 4.09. The first kappa shape index (κ1) is 19.2. The molecule has 1 saturated carbocycles. The maximum atomic E-state index is 14.8. The van der Waals surface area contributed by atoms with Crippen molar-refractivity contribution in [3.63, 3.8) is 0 Å². The molecule has 1 aliphatic carbocycles. The molecule has 2 aliphatic rings. The van der Waals surface area contributed by atoms with E-state index in [-0.39, 0.29) is 28.1 Å². The van der Waals surface area contributed by atoms with Crippen LogP contribution in [0.4, 0.5) is 4.39 Å². The predicted molar refractivity (Wildman–Crippen MR) is 109 cm³/mol. The fourth-order valence-electron chi connectivity index (χ4n) is 3.88. The van der Waals surface area contributed by atoms with Crippen molar-refractivity contribution in [3.8, 4) is 28.3 Å². The lowest BCUT2D eigenvalue weighted by atomic mass is 9.90. The molecule has 30 heavy (non-hydrogen) atoms. The lowest BCUT2D eigenvalue weighted by Gasteiger charge is -2.13. The number of ketones is 1. The molecule has 2 heterocycles. The van der Waals surface area contributed by atoms with Crippen molar-refractivity contribution in [2.45, 2.75) is 37.6 Å². The number of nitrogens with two attached hydrogens (primary N) is 1. The Hall–Kier alpha value is -2.77. The summed E-state index contributed by atoms with van der Waals surface area (Å²) in [6.45, 7) is 2.06. The van der Waals surface area contributed by atoms with Gasteiger partial charge in [-0.25, -0.2) is 4.39 Å². The third-order valence-corrected chi connectivity index (χ3v) is 6.00. The number of hydrogen-bond acceptors (Lipinski definition) is 6. The minimum atomic E-state index is -0.640. The van der Waals surface area contributed by atoms with Crippen LogP contribution in [0, 0.1) is 12.7 Å². The third kappa shape index (κ3) is 3.28. The van der Waals surface area contributed by atoms with Crippen molar-refractivity contribution < 1.29 is 18.4 Å². The van der Waals surface area contributed by atoms with Gasteiger partial charge in [-0.15, -0.1) is 0 Å². The zero-order chi connectivity index (χ0) is 21.0. The van der Waals surface area contributed by atoms with Gasteiger partial charge in [0.2, 0.25) is 11.7 Å². The van der Waals surface area contributed by atoms with Crippen molar-refractivity contribution in [1.82, 2.24) is 10.1 Å². The number of carbonyl (C=O) groups excluding carboxylic acids is 1. The number of ether oxygens (including phenoxy) is 1. The smallest absolute Gasteiger partial charge is 0.223 e. The summed E-state index contributed by atoms with van der Waals surface area (Å²) in [5.74, 6) is 0.670. The first-order valence-electron chi connectivity index (χ1n) is 9.73. The van der Waals surface area contributed by atoms with Crippen LogP contribution in [-0.4, -0.2) is 28.1 Å². The molecule has 2 aromatic carbocycles. The van der Waals surface area contributed by atoms with Gasteiger partial charge >= 0.3 is 0 Å². The summed E-state index contributed by atoms with van der Waals surface area (Å²) in [7, 11) is 0. The second-order valence-electron chi connectivity index (χ2n) is 7.99. The van der Waals surface area contributed by atoms with E-state index in [0.29, 0.717) is 35.8 Å². The Morgan fingerprint density at radius 3 is 2.83 bits per heavy atom. The van der Waals surface area contributed by atoms with E-state index in [1.807, 2.05) is 18.2 Å². The molecule has 0 spiro atoms. The summed E-state index contributed by atoms with van der Waals surface area (Å²) in [6, 6.07) is 8.49. The molecule has 1 fully saturated rings. The Labute approximate surface area is 177 Å².